The molecular formula is C13H13N3O3. The lowest BCUT2D eigenvalue weighted by Gasteiger charge is -2.12. The maximum atomic E-state index is 12.3. The van der Waals surface area contributed by atoms with Crippen LogP contribution in [-0.2, 0) is 0 Å². The fraction of sp³-hybridized carbons (Fsp3) is 0.308. The zero-order valence-corrected chi connectivity index (χ0v) is 10.3. The second-order valence-corrected chi connectivity index (χ2v) is 4.46. The molecule has 1 aromatic carbocycles. The van der Waals surface area contributed by atoms with Gasteiger partial charge in [0.05, 0.1) is 5.27 Å². The van der Waals surface area contributed by atoms with Crippen LogP contribution in [0.2, 0.25) is 0 Å². The average molecular weight is 259 g/mol. The van der Waals surface area contributed by atoms with E-state index in [9.17, 15) is 9.90 Å². The number of amides is 1. The highest BCUT2D eigenvalue weighted by atomic mass is 16.6. The number of para-hydroxylation sites is 1. The summed E-state index contributed by atoms with van der Waals surface area (Å²) >= 11 is 0. The Morgan fingerprint density at radius 2 is 1.95 bits per heavy atom. The van der Waals surface area contributed by atoms with Crippen LogP contribution in [0.15, 0.2) is 34.9 Å². The van der Waals surface area contributed by atoms with Crippen molar-refractivity contribution in [1.29, 1.82) is 0 Å². The SMILES string of the molecule is O=C(c1c([O-])on[n+]1-c1ccccc1)N1CCCC1. The predicted molar refractivity (Wildman–Crippen MR) is 62.6 cm³/mol. The first kappa shape index (κ1) is 11.7. The van der Waals surface area contributed by atoms with Crippen molar-refractivity contribution < 1.29 is 19.1 Å². The number of carbonyl (C=O) groups excluding carboxylic acids is 1. The topological polar surface area (TPSA) is 73.3 Å². The summed E-state index contributed by atoms with van der Waals surface area (Å²) in [6.07, 6.45) is 1.94. The van der Waals surface area contributed by atoms with Gasteiger partial charge in [0.2, 0.25) is 5.69 Å². The van der Waals surface area contributed by atoms with Crippen molar-refractivity contribution in [2.24, 2.45) is 0 Å². The lowest BCUT2D eigenvalue weighted by molar-refractivity contribution is -0.672. The van der Waals surface area contributed by atoms with Crippen LogP contribution in [0.3, 0.4) is 0 Å². The monoisotopic (exact) mass is 259 g/mol. The molecule has 3 rings (SSSR count). The highest BCUT2D eigenvalue weighted by Gasteiger charge is 2.32. The minimum atomic E-state index is -0.694. The maximum Gasteiger partial charge on any atom is 0.327 e. The summed E-state index contributed by atoms with van der Waals surface area (Å²) in [7, 11) is 0. The van der Waals surface area contributed by atoms with Crippen molar-refractivity contribution in [2.45, 2.75) is 12.8 Å². The molecule has 1 amide bonds. The minimum Gasteiger partial charge on any atom is -0.538 e. The second-order valence-electron chi connectivity index (χ2n) is 4.46. The van der Waals surface area contributed by atoms with E-state index in [1.54, 1.807) is 17.0 Å². The Bertz CT molecular complexity index is 588. The molecule has 1 aromatic heterocycles. The van der Waals surface area contributed by atoms with Gasteiger partial charge in [-0.1, -0.05) is 18.2 Å². The van der Waals surface area contributed by atoms with E-state index in [2.05, 4.69) is 9.79 Å². The number of rotatable bonds is 2. The Kier molecular flexibility index (Phi) is 2.91. The summed E-state index contributed by atoms with van der Waals surface area (Å²) in [4.78, 5) is 14.0. The van der Waals surface area contributed by atoms with Gasteiger partial charge in [0.1, 0.15) is 0 Å². The molecule has 1 aliphatic rings. The van der Waals surface area contributed by atoms with Gasteiger partial charge >= 0.3 is 11.6 Å². The number of aromatic nitrogens is 2. The molecule has 2 aromatic rings. The third kappa shape index (κ3) is 2.05. The number of likely N-dealkylation sites (tertiary alicyclic amines) is 1. The van der Waals surface area contributed by atoms with Crippen molar-refractivity contribution in [1.82, 2.24) is 10.2 Å². The quantitative estimate of drug-likeness (QED) is 0.725. The molecule has 6 nitrogen and oxygen atoms in total. The molecule has 1 saturated heterocycles. The normalized spacial score (nSPS) is 14.8. The van der Waals surface area contributed by atoms with Crippen LogP contribution >= 0.6 is 0 Å². The van der Waals surface area contributed by atoms with Gasteiger partial charge in [-0.15, -0.1) is 0 Å². The molecule has 1 aliphatic heterocycles. The Morgan fingerprint density at radius 3 is 2.63 bits per heavy atom. The lowest BCUT2D eigenvalue weighted by Crippen LogP contribution is -2.43. The Labute approximate surface area is 109 Å². The first-order valence-electron chi connectivity index (χ1n) is 6.21. The van der Waals surface area contributed by atoms with Crippen LogP contribution in [0.25, 0.3) is 5.69 Å². The van der Waals surface area contributed by atoms with Crippen LogP contribution in [0.1, 0.15) is 23.3 Å². The molecule has 0 saturated carbocycles. The second kappa shape index (κ2) is 4.72. The molecule has 6 heteroatoms. The number of benzene rings is 1. The van der Waals surface area contributed by atoms with Gasteiger partial charge in [-0.2, -0.15) is 0 Å². The Balaban J connectivity index is 2.01. The van der Waals surface area contributed by atoms with Gasteiger partial charge in [-0.05, 0) is 17.5 Å². The van der Waals surface area contributed by atoms with Gasteiger partial charge in [0.25, 0.3) is 0 Å². The highest BCUT2D eigenvalue weighted by Crippen LogP contribution is 2.16. The molecule has 0 aliphatic carbocycles. The van der Waals surface area contributed by atoms with E-state index < -0.39 is 5.95 Å². The van der Waals surface area contributed by atoms with E-state index in [0.717, 1.165) is 12.8 Å². The van der Waals surface area contributed by atoms with Gasteiger partial charge in [-0.3, -0.25) is 4.79 Å². The van der Waals surface area contributed by atoms with E-state index >= 15 is 0 Å². The summed E-state index contributed by atoms with van der Waals surface area (Å²) in [5.41, 5.74) is 0.601. The lowest BCUT2D eigenvalue weighted by atomic mass is 10.3. The fourth-order valence-electron chi connectivity index (χ4n) is 2.24. The molecule has 0 unspecified atom stereocenters. The van der Waals surface area contributed by atoms with E-state index in [4.69, 9.17) is 0 Å². The van der Waals surface area contributed by atoms with Crippen LogP contribution < -0.4 is 9.79 Å². The average Bonchev–Trinajstić information content (AvgIpc) is 3.08. The highest BCUT2D eigenvalue weighted by molar-refractivity contribution is 5.92. The zero-order chi connectivity index (χ0) is 13.2. The smallest absolute Gasteiger partial charge is 0.327 e. The Hall–Kier alpha value is -2.37. The number of hydrogen-bond acceptors (Lipinski definition) is 4. The molecule has 98 valence electrons. The molecule has 1 fully saturated rings. The van der Waals surface area contributed by atoms with Crippen LogP contribution in [0.5, 0.6) is 5.95 Å². The van der Waals surface area contributed by atoms with Gasteiger partial charge in [-0.25, -0.2) is 0 Å². The van der Waals surface area contributed by atoms with E-state index in [0.29, 0.717) is 18.8 Å². The van der Waals surface area contributed by atoms with Crippen LogP contribution in [0, 0.1) is 0 Å². The van der Waals surface area contributed by atoms with Crippen LogP contribution in [-0.4, -0.2) is 29.2 Å². The van der Waals surface area contributed by atoms with E-state index in [1.165, 1.54) is 4.68 Å². The number of carbonyl (C=O) groups is 1. The predicted octanol–water partition coefficient (Wildman–Crippen LogP) is 0.261. The standard InChI is InChI=1S/C13H13N3O3/c17-12(15-8-4-5-9-15)11-13(18)19-14-16(11)10-6-2-1-3-7-10/h1-3,6-7H,4-5,8-9H2. The summed E-state index contributed by atoms with van der Waals surface area (Å²) in [6.45, 7) is 1.36. The zero-order valence-electron chi connectivity index (χ0n) is 10.3. The summed E-state index contributed by atoms with van der Waals surface area (Å²) in [6, 6.07) is 9.01. The largest absolute Gasteiger partial charge is 0.538 e. The summed E-state index contributed by atoms with van der Waals surface area (Å²) < 4.78 is 5.91. The third-order valence-corrected chi connectivity index (χ3v) is 3.21. The summed E-state index contributed by atoms with van der Waals surface area (Å²) in [5, 5.41) is 15.4. The van der Waals surface area contributed by atoms with Gasteiger partial charge < -0.3 is 14.5 Å². The molecule has 0 bridgehead atoms. The van der Waals surface area contributed by atoms with Crippen molar-refractivity contribution in [2.75, 3.05) is 13.1 Å². The first-order valence-corrected chi connectivity index (χ1v) is 6.21. The molecule has 2 heterocycles. The van der Waals surface area contributed by atoms with Crippen LogP contribution in [0.4, 0.5) is 0 Å². The minimum absolute atomic E-state index is 0.0342. The van der Waals surface area contributed by atoms with E-state index in [-0.39, 0.29) is 11.6 Å². The van der Waals surface area contributed by atoms with Gasteiger partial charge in [0, 0.05) is 25.2 Å². The molecular weight excluding hydrogens is 246 g/mol. The summed E-state index contributed by atoms with van der Waals surface area (Å²) in [5.74, 6) is -1.01. The fourth-order valence-corrected chi connectivity index (χ4v) is 2.24. The molecule has 0 spiro atoms. The van der Waals surface area contributed by atoms with Crippen molar-refractivity contribution in [3.8, 4) is 11.6 Å². The molecule has 0 atom stereocenters. The maximum absolute atomic E-state index is 12.3. The molecule has 0 N–H and O–H groups in total. The van der Waals surface area contributed by atoms with Crippen molar-refractivity contribution in [3.63, 3.8) is 0 Å². The molecule has 19 heavy (non-hydrogen) atoms. The van der Waals surface area contributed by atoms with Crippen molar-refractivity contribution in [3.05, 3.63) is 36.0 Å². The van der Waals surface area contributed by atoms with Crippen molar-refractivity contribution >= 4 is 5.91 Å². The molecule has 0 radical (unpaired) electrons. The van der Waals surface area contributed by atoms with Gasteiger partial charge in [0.15, 0.2) is 5.95 Å². The Morgan fingerprint density at radius 1 is 1.26 bits per heavy atom. The van der Waals surface area contributed by atoms with E-state index in [1.807, 2.05) is 18.2 Å². The third-order valence-electron chi connectivity index (χ3n) is 3.21. The number of nitrogens with zero attached hydrogens (tertiary/aromatic N) is 3. The number of hydrogen-bond donors (Lipinski definition) is 0. The first-order chi connectivity index (χ1) is 9.27.